The van der Waals surface area contributed by atoms with Gasteiger partial charge in [0.25, 0.3) is 0 Å². The third-order valence-electron chi connectivity index (χ3n) is 3.55. The van der Waals surface area contributed by atoms with Gasteiger partial charge < -0.3 is 15.5 Å². The minimum atomic E-state index is -0.979. The molecular formula is C15H19BrN2O2. The first-order valence-corrected chi connectivity index (χ1v) is 7.51. The van der Waals surface area contributed by atoms with Gasteiger partial charge in [0.15, 0.2) is 0 Å². The first-order chi connectivity index (χ1) is 9.50. The predicted molar refractivity (Wildman–Crippen MR) is 83.5 cm³/mol. The average molecular weight is 339 g/mol. The molecule has 1 heterocycles. The van der Waals surface area contributed by atoms with E-state index in [0.29, 0.717) is 19.4 Å². The van der Waals surface area contributed by atoms with Crippen LogP contribution in [0.25, 0.3) is 10.9 Å². The Balaban J connectivity index is 2.34. The normalized spacial score (nSPS) is 14.2. The highest BCUT2D eigenvalue weighted by molar-refractivity contribution is 9.10. The highest BCUT2D eigenvalue weighted by Gasteiger charge is 2.34. The molecule has 0 spiro atoms. The van der Waals surface area contributed by atoms with Crippen molar-refractivity contribution in [1.29, 1.82) is 0 Å². The van der Waals surface area contributed by atoms with Gasteiger partial charge in [-0.15, -0.1) is 0 Å². The Morgan fingerprint density at radius 2 is 2.20 bits per heavy atom. The number of carbonyl (C=O) groups excluding carboxylic acids is 1. The van der Waals surface area contributed by atoms with E-state index in [9.17, 15) is 4.79 Å². The lowest BCUT2D eigenvalue weighted by Gasteiger charge is -2.25. The maximum atomic E-state index is 12.1. The zero-order valence-electron chi connectivity index (χ0n) is 11.7. The lowest BCUT2D eigenvalue weighted by atomic mass is 9.89. The molecule has 0 aliphatic rings. The summed E-state index contributed by atoms with van der Waals surface area (Å²) in [4.78, 5) is 15.3. The number of ether oxygens (including phenoxy) is 1. The third-order valence-corrected chi connectivity index (χ3v) is 4.04. The van der Waals surface area contributed by atoms with Gasteiger partial charge in [-0.05, 0) is 37.1 Å². The lowest BCUT2D eigenvalue weighted by Crippen LogP contribution is -2.50. The quantitative estimate of drug-likeness (QED) is 0.823. The highest BCUT2D eigenvalue weighted by Crippen LogP contribution is 2.26. The van der Waals surface area contributed by atoms with Crippen molar-refractivity contribution in [3.8, 4) is 0 Å². The van der Waals surface area contributed by atoms with Crippen molar-refractivity contribution in [1.82, 2.24) is 4.98 Å². The Labute approximate surface area is 126 Å². The molecule has 1 aromatic heterocycles. The van der Waals surface area contributed by atoms with Crippen molar-refractivity contribution < 1.29 is 9.53 Å². The molecule has 1 unspecified atom stereocenters. The molecule has 0 radical (unpaired) electrons. The number of aromatic amines is 1. The van der Waals surface area contributed by atoms with E-state index in [-0.39, 0.29) is 5.97 Å². The van der Waals surface area contributed by atoms with E-state index in [1.807, 2.05) is 31.3 Å². The Kier molecular flexibility index (Phi) is 4.50. The van der Waals surface area contributed by atoms with E-state index in [2.05, 4.69) is 20.9 Å². The van der Waals surface area contributed by atoms with Crippen LogP contribution in [0, 0.1) is 0 Å². The first kappa shape index (κ1) is 15.1. The Morgan fingerprint density at radius 3 is 2.85 bits per heavy atom. The Bertz CT molecular complexity index is 623. The van der Waals surface area contributed by atoms with Crippen LogP contribution < -0.4 is 5.73 Å². The molecule has 2 aromatic rings. The van der Waals surface area contributed by atoms with Crippen LogP contribution in [0.1, 0.15) is 25.8 Å². The fraction of sp³-hybridized carbons (Fsp3) is 0.400. The van der Waals surface area contributed by atoms with E-state index < -0.39 is 5.54 Å². The summed E-state index contributed by atoms with van der Waals surface area (Å²) < 4.78 is 6.10. The van der Waals surface area contributed by atoms with Gasteiger partial charge in [-0.25, -0.2) is 0 Å². The molecule has 0 aliphatic carbocycles. The van der Waals surface area contributed by atoms with Gasteiger partial charge in [0.1, 0.15) is 5.54 Å². The average Bonchev–Trinajstić information content (AvgIpc) is 2.81. The second kappa shape index (κ2) is 5.97. The van der Waals surface area contributed by atoms with Crippen LogP contribution in [0.4, 0.5) is 0 Å². The van der Waals surface area contributed by atoms with Crippen molar-refractivity contribution in [2.24, 2.45) is 5.73 Å². The fourth-order valence-electron chi connectivity index (χ4n) is 2.25. The summed E-state index contributed by atoms with van der Waals surface area (Å²) in [5.41, 5.74) is 7.33. The minimum Gasteiger partial charge on any atom is -0.465 e. The number of benzene rings is 1. The third kappa shape index (κ3) is 2.88. The van der Waals surface area contributed by atoms with E-state index in [1.165, 1.54) is 0 Å². The maximum absolute atomic E-state index is 12.1. The largest absolute Gasteiger partial charge is 0.465 e. The smallest absolute Gasteiger partial charge is 0.326 e. The van der Waals surface area contributed by atoms with Crippen LogP contribution in [-0.2, 0) is 16.0 Å². The van der Waals surface area contributed by atoms with Crippen molar-refractivity contribution in [3.05, 3.63) is 34.4 Å². The van der Waals surface area contributed by atoms with E-state index >= 15 is 0 Å². The number of rotatable bonds is 5. The molecule has 0 fully saturated rings. The van der Waals surface area contributed by atoms with Crippen LogP contribution in [-0.4, -0.2) is 23.1 Å². The molecule has 2 rings (SSSR count). The van der Waals surface area contributed by atoms with Gasteiger partial charge in [0, 0.05) is 28.0 Å². The number of nitrogens with one attached hydrogen (secondary N) is 1. The van der Waals surface area contributed by atoms with Crippen LogP contribution in [0.5, 0.6) is 0 Å². The number of nitrogens with two attached hydrogens (primary N) is 1. The van der Waals surface area contributed by atoms with Crippen molar-refractivity contribution in [3.63, 3.8) is 0 Å². The molecule has 1 atom stereocenters. The van der Waals surface area contributed by atoms with Gasteiger partial charge in [-0.1, -0.05) is 22.9 Å². The number of fused-ring (bicyclic) bond motifs is 1. The predicted octanol–water partition coefficient (Wildman–Crippen LogP) is 3.14. The summed E-state index contributed by atoms with van der Waals surface area (Å²) in [5, 5.41) is 1.08. The molecule has 20 heavy (non-hydrogen) atoms. The molecule has 0 aliphatic heterocycles. The first-order valence-electron chi connectivity index (χ1n) is 6.71. The van der Waals surface area contributed by atoms with Gasteiger partial charge in [0.2, 0.25) is 0 Å². The van der Waals surface area contributed by atoms with Crippen LogP contribution >= 0.6 is 15.9 Å². The summed E-state index contributed by atoms with van der Waals surface area (Å²) in [6.07, 6.45) is 2.90. The standard InChI is InChI=1S/C15H19BrN2O2/c1-3-15(17,14(19)20-4-2)8-10-9-18-13-6-5-11(16)7-12(10)13/h5-7,9,18H,3-4,8,17H2,1-2H3. The lowest BCUT2D eigenvalue weighted by molar-refractivity contribution is -0.149. The SMILES string of the molecule is CCOC(=O)C(N)(CC)Cc1c[nH]c2ccc(Br)cc12. The number of esters is 1. The Hall–Kier alpha value is -1.33. The van der Waals surface area contributed by atoms with Crippen LogP contribution in [0.15, 0.2) is 28.9 Å². The van der Waals surface area contributed by atoms with Gasteiger partial charge in [-0.2, -0.15) is 0 Å². The zero-order chi connectivity index (χ0) is 14.8. The molecule has 0 amide bonds. The summed E-state index contributed by atoms with van der Waals surface area (Å²) >= 11 is 3.47. The summed E-state index contributed by atoms with van der Waals surface area (Å²) in [5.74, 6) is -0.341. The summed E-state index contributed by atoms with van der Waals surface area (Å²) in [6.45, 7) is 4.04. The molecule has 0 bridgehead atoms. The molecule has 0 saturated carbocycles. The van der Waals surface area contributed by atoms with E-state index in [0.717, 1.165) is 20.9 Å². The monoisotopic (exact) mass is 338 g/mol. The minimum absolute atomic E-state index is 0.341. The van der Waals surface area contributed by atoms with Gasteiger partial charge in [0.05, 0.1) is 6.61 Å². The number of hydrogen-bond acceptors (Lipinski definition) is 3. The molecule has 5 heteroatoms. The van der Waals surface area contributed by atoms with E-state index in [1.54, 1.807) is 6.92 Å². The number of aromatic nitrogens is 1. The molecule has 0 saturated heterocycles. The second-order valence-corrected chi connectivity index (χ2v) is 5.83. The zero-order valence-corrected chi connectivity index (χ0v) is 13.3. The van der Waals surface area contributed by atoms with Gasteiger partial charge in [-0.3, -0.25) is 4.79 Å². The van der Waals surface area contributed by atoms with Crippen molar-refractivity contribution in [2.75, 3.05) is 6.61 Å². The van der Waals surface area contributed by atoms with Gasteiger partial charge >= 0.3 is 5.97 Å². The Morgan fingerprint density at radius 1 is 1.45 bits per heavy atom. The topological polar surface area (TPSA) is 68.1 Å². The van der Waals surface area contributed by atoms with Crippen molar-refractivity contribution in [2.45, 2.75) is 32.2 Å². The maximum Gasteiger partial charge on any atom is 0.326 e. The second-order valence-electron chi connectivity index (χ2n) is 4.91. The number of H-pyrrole nitrogens is 1. The molecular weight excluding hydrogens is 320 g/mol. The number of hydrogen-bond donors (Lipinski definition) is 2. The summed E-state index contributed by atoms with van der Waals surface area (Å²) in [7, 11) is 0. The number of carbonyl (C=O) groups is 1. The number of halogens is 1. The van der Waals surface area contributed by atoms with Crippen LogP contribution in [0.3, 0.4) is 0 Å². The summed E-state index contributed by atoms with van der Waals surface area (Å²) in [6, 6.07) is 6.00. The molecule has 3 N–H and O–H groups in total. The molecule has 108 valence electrons. The van der Waals surface area contributed by atoms with Crippen LogP contribution in [0.2, 0.25) is 0 Å². The molecule has 4 nitrogen and oxygen atoms in total. The molecule has 1 aromatic carbocycles. The fourth-order valence-corrected chi connectivity index (χ4v) is 2.61. The van der Waals surface area contributed by atoms with Crippen molar-refractivity contribution >= 4 is 32.8 Å². The van der Waals surface area contributed by atoms with E-state index in [4.69, 9.17) is 10.5 Å². The highest BCUT2D eigenvalue weighted by atomic mass is 79.9.